The zero-order valence-corrected chi connectivity index (χ0v) is 11.3. The van der Waals surface area contributed by atoms with Crippen LogP contribution in [-0.2, 0) is 16.1 Å². The van der Waals surface area contributed by atoms with E-state index in [1.807, 2.05) is 15.7 Å². The van der Waals surface area contributed by atoms with Crippen LogP contribution < -0.4 is 0 Å². The van der Waals surface area contributed by atoms with Crippen LogP contribution in [0.1, 0.15) is 32.1 Å². The van der Waals surface area contributed by atoms with Crippen LogP contribution in [-0.4, -0.2) is 45.7 Å². The maximum Gasteiger partial charge on any atom is 0.242 e. The van der Waals surface area contributed by atoms with Crippen LogP contribution in [0.4, 0.5) is 0 Å². The predicted molar refractivity (Wildman–Crippen MR) is 70.6 cm³/mol. The van der Waals surface area contributed by atoms with E-state index in [9.17, 15) is 4.79 Å². The molecule has 1 spiro atoms. The number of aromatic nitrogens is 2. The molecule has 104 valence electrons. The zero-order valence-electron chi connectivity index (χ0n) is 11.3. The summed E-state index contributed by atoms with van der Waals surface area (Å²) in [4.78, 5) is 18.3. The summed E-state index contributed by atoms with van der Waals surface area (Å²) in [5, 5.41) is 0. The van der Waals surface area contributed by atoms with Gasteiger partial charge < -0.3 is 14.2 Å². The second kappa shape index (κ2) is 5.33. The summed E-state index contributed by atoms with van der Waals surface area (Å²) < 4.78 is 7.83. The van der Waals surface area contributed by atoms with E-state index in [2.05, 4.69) is 4.98 Å². The monoisotopic (exact) mass is 263 g/mol. The molecule has 1 aliphatic heterocycles. The van der Waals surface area contributed by atoms with Gasteiger partial charge in [0, 0.05) is 25.5 Å². The molecule has 2 heterocycles. The fourth-order valence-electron chi connectivity index (χ4n) is 3.19. The van der Waals surface area contributed by atoms with Crippen LogP contribution in [0.2, 0.25) is 0 Å². The first kappa shape index (κ1) is 12.7. The molecular formula is C14H21N3O2. The van der Waals surface area contributed by atoms with Gasteiger partial charge in [-0.1, -0.05) is 19.3 Å². The number of nitrogens with zero attached hydrogens (tertiary/aromatic N) is 3. The highest BCUT2D eigenvalue weighted by atomic mass is 16.5. The molecule has 1 aromatic rings. The van der Waals surface area contributed by atoms with Crippen LogP contribution >= 0.6 is 0 Å². The van der Waals surface area contributed by atoms with Crippen molar-refractivity contribution in [2.75, 3.05) is 19.7 Å². The average Bonchev–Trinajstić information content (AvgIpc) is 2.92. The van der Waals surface area contributed by atoms with Gasteiger partial charge in [0.2, 0.25) is 5.91 Å². The first-order valence-electron chi connectivity index (χ1n) is 7.15. The second-order valence-corrected chi connectivity index (χ2v) is 5.64. The summed E-state index contributed by atoms with van der Waals surface area (Å²) in [6.45, 7) is 2.54. The van der Waals surface area contributed by atoms with E-state index in [4.69, 9.17) is 4.74 Å². The van der Waals surface area contributed by atoms with Gasteiger partial charge in [-0.3, -0.25) is 4.79 Å². The molecule has 1 saturated heterocycles. The summed E-state index contributed by atoms with van der Waals surface area (Å²) in [5.74, 6) is 0.172. The summed E-state index contributed by atoms with van der Waals surface area (Å²) in [7, 11) is 0. The number of carbonyl (C=O) groups is 1. The molecule has 1 aliphatic carbocycles. The largest absolute Gasteiger partial charge is 0.371 e. The van der Waals surface area contributed by atoms with E-state index in [1.54, 1.807) is 12.5 Å². The fourth-order valence-corrected chi connectivity index (χ4v) is 3.19. The molecule has 2 fully saturated rings. The number of carbonyl (C=O) groups excluding carboxylic acids is 1. The number of imidazole rings is 1. The van der Waals surface area contributed by atoms with Crippen molar-refractivity contribution >= 4 is 5.91 Å². The highest BCUT2D eigenvalue weighted by Crippen LogP contribution is 2.34. The van der Waals surface area contributed by atoms with Crippen LogP contribution in [0.15, 0.2) is 18.7 Å². The number of ether oxygens (including phenoxy) is 1. The van der Waals surface area contributed by atoms with Gasteiger partial charge in [-0.05, 0) is 12.8 Å². The van der Waals surface area contributed by atoms with Crippen molar-refractivity contribution in [2.24, 2.45) is 0 Å². The van der Waals surface area contributed by atoms with Gasteiger partial charge in [-0.15, -0.1) is 0 Å². The van der Waals surface area contributed by atoms with Crippen molar-refractivity contribution in [3.8, 4) is 0 Å². The Kier molecular flexibility index (Phi) is 3.55. The number of morpholine rings is 1. The average molecular weight is 263 g/mol. The maximum absolute atomic E-state index is 12.3. The van der Waals surface area contributed by atoms with Gasteiger partial charge in [-0.2, -0.15) is 0 Å². The van der Waals surface area contributed by atoms with Crippen molar-refractivity contribution in [3.05, 3.63) is 18.7 Å². The maximum atomic E-state index is 12.3. The van der Waals surface area contributed by atoms with Gasteiger partial charge in [0.05, 0.1) is 18.5 Å². The fraction of sp³-hybridized carbons (Fsp3) is 0.714. The Labute approximate surface area is 113 Å². The Hall–Kier alpha value is -1.36. The van der Waals surface area contributed by atoms with E-state index in [0.29, 0.717) is 13.2 Å². The van der Waals surface area contributed by atoms with E-state index in [1.165, 1.54) is 19.3 Å². The molecule has 5 nitrogen and oxygen atoms in total. The van der Waals surface area contributed by atoms with E-state index >= 15 is 0 Å². The third-order valence-corrected chi connectivity index (χ3v) is 4.24. The highest BCUT2D eigenvalue weighted by Gasteiger charge is 2.38. The molecule has 0 aromatic carbocycles. The van der Waals surface area contributed by atoms with E-state index < -0.39 is 0 Å². The molecule has 19 heavy (non-hydrogen) atoms. The zero-order chi connectivity index (χ0) is 13.1. The lowest BCUT2D eigenvalue weighted by atomic mass is 9.83. The molecule has 3 rings (SSSR count). The quantitative estimate of drug-likeness (QED) is 0.811. The summed E-state index contributed by atoms with van der Waals surface area (Å²) in [6, 6.07) is 0. The minimum atomic E-state index is -0.0545. The molecule has 0 bridgehead atoms. The van der Waals surface area contributed by atoms with Gasteiger partial charge in [0.25, 0.3) is 0 Å². The second-order valence-electron chi connectivity index (χ2n) is 5.64. The molecule has 0 radical (unpaired) electrons. The van der Waals surface area contributed by atoms with Crippen molar-refractivity contribution < 1.29 is 9.53 Å². The van der Waals surface area contributed by atoms with E-state index in [-0.39, 0.29) is 11.5 Å². The van der Waals surface area contributed by atoms with Crippen molar-refractivity contribution in [1.29, 1.82) is 0 Å². The Morgan fingerprint density at radius 1 is 1.32 bits per heavy atom. The van der Waals surface area contributed by atoms with Crippen molar-refractivity contribution in [3.63, 3.8) is 0 Å². The Balaban J connectivity index is 1.62. The number of rotatable bonds is 2. The lowest BCUT2D eigenvalue weighted by Gasteiger charge is -2.45. The smallest absolute Gasteiger partial charge is 0.242 e. The number of hydrogen-bond donors (Lipinski definition) is 0. The minimum absolute atomic E-state index is 0.0545. The molecule has 2 aliphatic rings. The van der Waals surface area contributed by atoms with E-state index in [0.717, 1.165) is 25.9 Å². The van der Waals surface area contributed by atoms with Crippen LogP contribution in [0, 0.1) is 0 Å². The molecule has 0 unspecified atom stereocenters. The molecule has 5 heteroatoms. The standard InChI is InChI=1S/C14H21N3O2/c18-13(10-16-7-6-15-12-16)17-8-9-19-14(11-17)4-2-1-3-5-14/h6-7,12H,1-5,8-11H2. The summed E-state index contributed by atoms with van der Waals surface area (Å²) >= 11 is 0. The lowest BCUT2D eigenvalue weighted by molar-refractivity contribution is -0.156. The number of amides is 1. The third-order valence-electron chi connectivity index (χ3n) is 4.24. The van der Waals surface area contributed by atoms with Crippen LogP contribution in [0.3, 0.4) is 0 Å². The molecule has 1 aromatic heterocycles. The summed E-state index contributed by atoms with van der Waals surface area (Å²) in [5.41, 5.74) is -0.0545. The SMILES string of the molecule is O=C(Cn1ccnc1)N1CCOC2(CCCCC2)C1. The molecular weight excluding hydrogens is 242 g/mol. The molecule has 0 atom stereocenters. The first-order chi connectivity index (χ1) is 9.27. The topological polar surface area (TPSA) is 47.4 Å². The van der Waals surface area contributed by atoms with Gasteiger partial charge >= 0.3 is 0 Å². The Morgan fingerprint density at radius 2 is 2.16 bits per heavy atom. The molecule has 1 amide bonds. The predicted octanol–water partition coefficient (Wildman–Crippen LogP) is 1.44. The van der Waals surface area contributed by atoms with Gasteiger partial charge in [0.1, 0.15) is 6.54 Å². The Morgan fingerprint density at radius 3 is 2.89 bits per heavy atom. The van der Waals surface area contributed by atoms with Crippen LogP contribution in [0.5, 0.6) is 0 Å². The summed E-state index contributed by atoms with van der Waals surface area (Å²) in [6.07, 6.45) is 11.2. The highest BCUT2D eigenvalue weighted by molar-refractivity contribution is 5.76. The lowest BCUT2D eigenvalue weighted by Crippen LogP contribution is -2.55. The molecule has 1 saturated carbocycles. The van der Waals surface area contributed by atoms with Crippen molar-refractivity contribution in [2.45, 2.75) is 44.2 Å². The normalized spacial score (nSPS) is 22.6. The van der Waals surface area contributed by atoms with Gasteiger partial charge in [-0.25, -0.2) is 4.98 Å². The van der Waals surface area contributed by atoms with Crippen LogP contribution in [0.25, 0.3) is 0 Å². The third kappa shape index (κ3) is 2.81. The van der Waals surface area contributed by atoms with Crippen molar-refractivity contribution in [1.82, 2.24) is 14.5 Å². The number of hydrogen-bond acceptors (Lipinski definition) is 3. The first-order valence-corrected chi connectivity index (χ1v) is 7.15. The molecule has 0 N–H and O–H groups in total. The van der Waals surface area contributed by atoms with Gasteiger partial charge in [0.15, 0.2) is 0 Å². The Bertz CT molecular complexity index is 418. The minimum Gasteiger partial charge on any atom is -0.371 e.